The molecule has 0 saturated carbocycles. The summed E-state index contributed by atoms with van der Waals surface area (Å²) < 4.78 is 43.8. The summed E-state index contributed by atoms with van der Waals surface area (Å²) in [6.45, 7) is 12.5. The number of ether oxygens (including phenoxy) is 8. The Kier molecular flexibility index (Phi) is 42.5. The monoisotopic (exact) mass is 677 g/mol. The molecule has 0 aliphatic carbocycles. The average molecular weight is 677 g/mol. The molecule has 0 spiro atoms. The summed E-state index contributed by atoms with van der Waals surface area (Å²) in [5.74, 6) is -0.137. The predicted octanol–water partition coefficient (Wildman–Crippen LogP) is 8.49. The van der Waals surface area contributed by atoms with E-state index in [2.05, 4.69) is 13.8 Å². The Labute approximate surface area is 289 Å². The molecule has 0 bridgehead atoms. The third-order valence-electron chi connectivity index (χ3n) is 7.85. The fourth-order valence-electron chi connectivity index (χ4n) is 4.98. The van der Waals surface area contributed by atoms with E-state index in [1.807, 2.05) is 0 Å². The Hall–Kier alpha value is -0.810. The molecule has 0 aromatic carbocycles. The molecule has 0 saturated heterocycles. The number of rotatable bonds is 42. The van der Waals surface area contributed by atoms with E-state index in [1.54, 1.807) is 0 Å². The van der Waals surface area contributed by atoms with Crippen LogP contribution in [0.5, 0.6) is 0 Å². The predicted molar refractivity (Wildman–Crippen MR) is 190 cm³/mol. The Bertz CT molecular complexity index is 579. The van der Waals surface area contributed by atoms with E-state index >= 15 is 0 Å². The lowest BCUT2D eigenvalue weighted by Gasteiger charge is -2.09. The lowest BCUT2D eigenvalue weighted by atomic mass is 10.0. The van der Waals surface area contributed by atoms with Crippen molar-refractivity contribution in [3.05, 3.63) is 0 Å². The van der Waals surface area contributed by atoms with Crippen LogP contribution in [0.1, 0.15) is 142 Å². The van der Waals surface area contributed by atoms with Gasteiger partial charge < -0.3 is 37.9 Å². The van der Waals surface area contributed by atoms with Crippen molar-refractivity contribution in [3.63, 3.8) is 0 Å². The molecule has 47 heavy (non-hydrogen) atoms. The molecular formula is C38H76O9. The number of carbonyl (C=O) groups excluding carboxylic acids is 1. The second kappa shape index (κ2) is 43.2. The Morgan fingerprint density at radius 3 is 0.894 bits per heavy atom. The number of unbranched alkanes of at least 4 members (excludes halogenated alkanes) is 17. The zero-order valence-electron chi connectivity index (χ0n) is 30.9. The molecule has 0 heterocycles. The highest BCUT2D eigenvalue weighted by molar-refractivity contribution is 5.69. The molecule has 0 rings (SSSR count). The zero-order chi connectivity index (χ0) is 34.0. The second-order valence-electron chi connectivity index (χ2n) is 12.3. The normalized spacial score (nSPS) is 11.4. The van der Waals surface area contributed by atoms with Crippen LogP contribution in [0.15, 0.2) is 0 Å². The molecule has 9 heteroatoms. The quantitative estimate of drug-likeness (QED) is 0.0466. The van der Waals surface area contributed by atoms with Gasteiger partial charge in [-0.05, 0) is 12.8 Å². The molecule has 0 amide bonds. The van der Waals surface area contributed by atoms with Crippen LogP contribution < -0.4 is 0 Å². The first kappa shape index (κ1) is 46.2. The van der Waals surface area contributed by atoms with Crippen LogP contribution in [0.25, 0.3) is 0 Å². The van der Waals surface area contributed by atoms with Crippen LogP contribution in [-0.2, 0) is 42.7 Å². The van der Waals surface area contributed by atoms with E-state index in [0.29, 0.717) is 98.9 Å². The van der Waals surface area contributed by atoms with Crippen LogP contribution in [0.3, 0.4) is 0 Å². The molecule has 0 radical (unpaired) electrons. The van der Waals surface area contributed by atoms with Crippen LogP contribution >= 0.6 is 0 Å². The molecule has 0 unspecified atom stereocenters. The van der Waals surface area contributed by atoms with Gasteiger partial charge in [-0.3, -0.25) is 4.79 Å². The highest BCUT2D eigenvalue weighted by atomic mass is 16.6. The van der Waals surface area contributed by atoms with Gasteiger partial charge in [0.2, 0.25) is 0 Å². The highest BCUT2D eigenvalue weighted by Crippen LogP contribution is 2.13. The molecule has 0 aromatic heterocycles. The maximum Gasteiger partial charge on any atom is 0.305 e. The minimum Gasteiger partial charge on any atom is -0.463 e. The Balaban J connectivity index is 3.08. The number of carbonyl (C=O) groups is 1. The van der Waals surface area contributed by atoms with Gasteiger partial charge in [0, 0.05) is 13.0 Å². The molecule has 0 aromatic rings. The zero-order valence-corrected chi connectivity index (χ0v) is 30.9. The van der Waals surface area contributed by atoms with E-state index in [9.17, 15) is 4.79 Å². The third kappa shape index (κ3) is 43.2. The summed E-state index contributed by atoms with van der Waals surface area (Å²) in [7, 11) is 0. The molecule has 0 aliphatic heterocycles. The van der Waals surface area contributed by atoms with Crippen molar-refractivity contribution in [2.24, 2.45) is 0 Å². The number of esters is 1. The van der Waals surface area contributed by atoms with E-state index in [1.165, 1.54) is 103 Å². The average Bonchev–Trinajstić information content (AvgIpc) is 3.08. The van der Waals surface area contributed by atoms with Crippen molar-refractivity contribution < 1.29 is 42.7 Å². The maximum absolute atomic E-state index is 11.6. The summed E-state index contributed by atoms with van der Waals surface area (Å²) in [6.07, 6.45) is 25.4. The van der Waals surface area contributed by atoms with Crippen molar-refractivity contribution in [1.29, 1.82) is 0 Å². The van der Waals surface area contributed by atoms with Crippen LogP contribution in [0.2, 0.25) is 0 Å². The molecule has 0 N–H and O–H groups in total. The molecule has 0 atom stereocenters. The summed E-state index contributed by atoms with van der Waals surface area (Å²) in [6, 6.07) is 0. The van der Waals surface area contributed by atoms with Crippen molar-refractivity contribution in [3.8, 4) is 0 Å². The molecular weight excluding hydrogens is 600 g/mol. The summed E-state index contributed by atoms with van der Waals surface area (Å²) in [4.78, 5) is 11.6. The molecule has 9 nitrogen and oxygen atoms in total. The third-order valence-corrected chi connectivity index (χ3v) is 7.85. The standard InChI is InChI=1S/C38H76O9/c1-3-5-7-9-10-11-12-13-14-15-16-17-19-21-23-40-24-25-41-26-27-42-28-29-43-30-31-44-32-33-45-34-35-46-36-37-47-38(39)22-20-18-8-6-4-2/h3-37H2,1-2H3. The fourth-order valence-corrected chi connectivity index (χ4v) is 4.98. The molecule has 0 aliphatic rings. The minimum absolute atomic E-state index is 0.137. The fraction of sp³-hybridized carbons (Fsp3) is 0.974. The largest absolute Gasteiger partial charge is 0.463 e. The summed E-state index contributed by atoms with van der Waals surface area (Å²) in [5.41, 5.74) is 0. The minimum atomic E-state index is -0.137. The van der Waals surface area contributed by atoms with Gasteiger partial charge in [0.15, 0.2) is 0 Å². The van der Waals surface area contributed by atoms with Crippen LogP contribution in [0.4, 0.5) is 0 Å². The summed E-state index contributed by atoms with van der Waals surface area (Å²) in [5, 5.41) is 0. The summed E-state index contributed by atoms with van der Waals surface area (Å²) >= 11 is 0. The topological polar surface area (TPSA) is 90.9 Å². The SMILES string of the molecule is CCCCCCCCCCCCCCCCOCCOCCOCCOCCOCCOCCOCCOC(=O)CCCCCCC. The van der Waals surface area contributed by atoms with Gasteiger partial charge in [0.1, 0.15) is 6.61 Å². The molecule has 0 fully saturated rings. The Morgan fingerprint density at radius 2 is 0.553 bits per heavy atom. The van der Waals surface area contributed by atoms with Crippen molar-refractivity contribution in [2.45, 2.75) is 142 Å². The van der Waals surface area contributed by atoms with Crippen molar-refractivity contribution >= 4 is 5.97 Å². The first-order chi connectivity index (χ1) is 23.3. The number of hydrogen-bond acceptors (Lipinski definition) is 9. The van der Waals surface area contributed by atoms with Gasteiger partial charge in [0.05, 0.1) is 85.9 Å². The van der Waals surface area contributed by atoms with Gasteiger partial charge >= 0.3 is 5.97 Å². The Morgan fingerprint density at radius 1 is 0.298 bits per heavy atom. The van der Waals surface area contributed by atoms with E-state index < -0.39 is 0 Å². The van der Waals surface area contributed by atoms with Gasteiger partial charge in [-0.15, -0.1) is 0 Å². The van der Waals surface area contributed by atoms with Gasteiger partial charge in [0.25, 0.3) is 0 Å². The van der Waals surface area contributed by atoms with Gasteiger partial charge in [-0.2, -0.15) is 0 Å². The van der Waals surface area contributed by atoms with Crippen molar-refractivity contribution in [1.82, 2.24) is 0 Å². The maximum atomic E-state index is 11.6. The first-order valence-electron chi connectivity index (χ1n) is 19.5. The van der Waals surface area contributed by atoms with E-state index in [4.69, 9.17) is 37.9 Å². The number of hydrogen-bond donors (Lipinski definition) is 0. The van der Waals surface area contributed by atoms with Gasteiger partial charge in [-0.1, -0.05) is 123 Å². The highest BCUT2D eigenvalue weighted by Gasteiger charge is 2.02. The van der Waals surface area contributed by atoms with Crippen LogP contribution in [-0.4, -0.2) is 105 Å². The van der Waals surface area contributed by atoms with Crippen molar-refractivity contribution in [2.75, 3.05) is 99.1 Å². The van der Waals surface area contributed by atoms with Crippen LogP contribution in [0, 0.1) is 0 Å². The second-order valence-corrected chi connectivity index (χ2v) is 12.3. The lowest BCUT2D eigenvalue weighted by Crippen LogP contribution is -2.15. The van der Waals surface area contributed by atoms with Gasteiger partial charge in [-0.25, -0.2) is 0 Å². The van der Waals surface area contributed by atoms with E-state index in [0.717, 1.165) is 25.9 Å². The molecule has 282 valence electrons. The lowest BCUT2D eigenvalue weighted by molar-refractivity contribution is -0.145. The first-order valence-corrected chi connectivity index (χ1v) is 19.5. The van der Waals surface area contributed by atoms with E-state index in [-0.39, 0.29) is 5.97 Å². The smallest absolute Gasteiger partial charge is 0.305 e.